The van der Waals surface area contributed by atoms with Crippen LogP contribution in [0, 0.1) is 17.6 Å². The van der Waals surface area contributed by atoms with Gasteiger partial charge in [0.2, 0.25) is 0 Å². The molecule has 0 aromatic heterocycles. The van der Waals surface area contributed by atoms with Crippen molar-refractivity contribution < 1.29 is 18.3 Å². The van der Waals surface area contributed by atoms with Crippen molar-refractivity contribution in [3.05, 3.63) is 59.7 Å². The van der Waals surface area contributed by atoms with Crippen LogP contribution in [0.1, 0.15) is 16.8 Å². The van der Waals surface area contributed by atoms with Crippen LogP contribution in [0.15, 0.2) is 42.5 Å². The number of carbonyl (C=O) groups is 1. The summed E-state index contributed by atoms with van der Waals surface area (Å²) in [5, 5.41) is 3.14. The quantitative estimate of drug-likeness (QED) is 0.853. The Morgan fingerprint density at radius 1 is 1.15 bits per heavy atom. The molecule has 1 saturated heterocycles. The summed E-state index contributed by atoms with van der Waals surface area (Å²) in [6.07, 6.45) is 1.00. The van der Waals surface area contributed by atoms with E-state index in [0.29, 0.717) is 17.2 Å². The molecule has 140 valence electrons. The Balaban J connectivity index is 0.00000243. The molecule has 0 bridgehead atoms. The average Bonchev–Trinajstić information content (AvgIpc) is 3.07. The zero-order valence-corrected chi connectivity index (χ0v) is 15.2. The topological polar surface area (TPSA) is 41.6 Å². The van der Waals surface area contributed by atoms with Crippen LogP contribution in [-0.2, 0) is 0 Å². The summed E-state index contributed by atoms with van der Waals surface area (Å²) < 4.78 is 31.6. The minimum absolute atomic E-state index is 0. The molecule has 0 radical (unpaired) electrons. The molecule has 2 aromatic rings. The lowest BCUT2D eigenvalue weighted by Gasteiger charge is -2.17. The highest BCUT2D eigenvalue weighted by molar-refractivity contribution is 5.94. The first-order valence-electron chi connectivity index (χ1n) is 8.23. The van der Waals surface area contributed by atoms with Crippen molar-refractivity contribution in [3.8, 4) is 11.5 Å². The Hall–Kier alpha value is -2.18. The number of benzene rings is 2. The fourth-order valence-electron chi connectivity index (χ4n) is 3.00. The summed E-state index contributed by atoms with van der Waals surface area (Å²) >= 11 is 0. The van der Waals surface area contributed by atoms with Gasteiger partial charge in [-0.25, -0.2) is 8.78 Å². The first-order valence-corrected chi connectivity index (χ1v) is 8.23. The van der Waals surface area contributed by atoms with E-state index in [1.807, 2.05) is 11.9 Å². The zero-order valence-electron chi connectivity index (χ0n) is 14.4. The van der Waals surface area contributed by atoms with Crippen LogP contribution in [0.5, 0.6) is 11.5 Å². The number of carbonyl (C=O) groups excluding carboxylic acids is 1. The summed E-state index contributed by atoms with van der Waals surface area (Å²) in [6.45, 7) is 2.43. The van der Waals surface area contributed by atoms with E-state index in [9.17, 15) is 13.6 Å². The highest BCUT2D eigenvalue weighted by Gasteiger charge is 2.26. The maximum absolute atomic E-state index is 13.2. The molecule has 4 nitrogen and oxygen atoms in total. The summed E-state index contributed by atoms with van der Waals surface area (Å²) in [5.74, 6) is -0.739. The lowest BCUT2D eigenvalue weighted by molar-refractivity contribution is 0.0787. The third-order valence-corrected chi connectivity index (χ3v) is 4.29. The molecule has 1 fully saturated rings. The number of rotatable bonds is 5. The maximum atomic E-state index is 13.2. The average molecular weight is 383 g/mol. The lowest BCUT2D eigenvalue weighted by Crippen LogP contribution is -2.30. The SMILES string of the molecule is CNCC1CCN(C(=O)c2ccc(Oc3ccc(F)c(F)c3)cc2)C1.Cl. The van der Waals surface area contributed by atoms with Crippen molar-refractivity contribution in [2.75, 3.05) is 26.7 Å². The first kappa shape index (κ1) is 20.1. The molecule has 1 N–H and O–H groups in total. The molecule has 2 aromatic carbocycles. The van der Waals surface area contributed by atoms with Crippen LogP contribution in [-0.4, -0.2) is 37.5 Å². The van der Waals surface area contributed by atoms with Crippen LogP contribution < -0.4 is 10.1 Å². The largest absolute Gasteiger partial charge is 0.457 e. The predicted octanol–water partition coefficient (Wildman–Crippen LogP) is 3.86. The molecule has 7 heteroatoms. The van der Waals surface area contributed by atoms with Gasteiger partial charge in [-0.1, -0.05) is 0 Å². The molecule has 1 aliphatic heterocycles. The summed E-state index contributed by atoms with van der Waals surface area (Å²) in [5.41, 5.74) is 0.586. The third-order valence-electron chi connectivity index (χ3n) is 4.29. The molecule has 1 aliphatic rings. The van der Waals surface area contributed by atoms with Crippen LogP contribution >= 0.6 is 12.4 Å². The van der Waals surface area contributed by atoms with E-state index in [1.54, 1.807) is 24.3 Å². The molecule has 26 heavy (non-hydrogen) atoms. The Bertz CT molecular complexity index is 756. The van der Waals surface area contributed by atoms with Gasteiger partial charge in [-0.15, -0.1) is 12.4 Å². The minimum atomic E-state index is -0.963. The van der Waals surface area contributed by atoms with Crippen molar-refractivity contribution in [2.45, 2.75) is 6.42 Å². The molecule has 1 atom stereocenters. The number of nitrogens with one attached hydrogen (secondary N) is 1. The molecular weight excluding hydrogens is 362 g/mol. The molecule has 0 spiro atoms. The minimum Gasteiger partial charge on any atom is -0.457 e. The van der Waals surface area contributed by atoms with Gasteiger partial charge in [-0.2, -0.15) is 0 Å². The van der Waals surface area contributed by atoms with Gasteiger partial charge >= 0.3 is 0 Å². The second-order valence-corrected chi connectivity index (χ2v) is 6.17. The molecule has 0 saturated carbocycles. The van der Waals surface area contributed by atoms with Gasteiger partial charge < -0.3 is 15.0 Å². The van der Waals surface area contributed by atoms with Gasteiger partial charge in [0.15, 0.2) is 11.6 Å². The van der Waals surface area contributed by atoms with Crippen LogP contribution in [0.4, 0.5) is 8.78 Å². The van der Waals surface area contributed by atoms with Crippen molar-refractivity contribution in [3.63, 3.8) is 0 Å². The van der Waals surface area contributed by atoms with E-state index in [1.165, 1.54) is 6.07 Å². The van der Waals surface area contributed by atoms with Gasteiger partial charge in [0.1, 0.15) is 11.5 Å². The number of nitrogens with zero attached hydrogens (tertiary/aromatic N) is 1. The van der Waals surface area contributed by atoms with Gasteiger partial charge in [-0.05, 0) is 62.3 Å². The molecule has 1 heterocycles. The predicted molar refractivity (Wildman–Crippen MR) is 98.1 cm³/mol. The molecule has 1 amide bonds. The normalized spacial score (nSPS) is 16.3. The second kappa shape index (κ2) is 8.96. The monoisotopic (exact) mass is 382 g/mol. The molecule has 1 unspecified atom stereocenters. The van der Waals surface area contributed by atoms with E-state index < -0.39 is 11.6 Å². The number of ether oxygens (including phenoxy) is 1. The van der Waals surface area contributed by atoms with E-state index in [2.05, 4.69) is 5.32 Å². The standard InChI is InChI=1S/C19H20F2N2O2.ClH/c1-22-11-13-8-9-23(12-13)19(24)14-2-4-15(5-3-14)25-16-6-7-17(20)18(21)10-16;/h2-7,10,13,22H,8-9,11-12H2,1H3;1H. The fraction of sp³-hybridized carbons (Fsp3) is 0.316. The van der Waals surface area contributed by atoms with Gasteiger partial charge in [0.05, 0.1) is 0 Å². The van der Waals surface area contributed by atoms with Crippen molar-refractivity contribution in [1.29, 1.82) is 0 Å². The van der Waals surface area contributed by atoms with E-state index in [0.717, 1.165) is 38.2 Å². The maximum Gasteiger partial charge on any atom is 0.253 e. The third kappa shape index (κ3) is 4.71. The number of hydrogen-bond donors (Lipinski definition) is 1. The van der Waals surface area contributed by atoms with E-state index in [4.69, 9.17) is 4.74 Å². The molecule has 0 aliphatic carbocycles. The second-order valence-electron chi connectivity index (χ2n) is 6.17. The van der Waals surface area contributed by atoms with Gasteiger partial charge in [0.25, 0.3) is 5.91 Å². The van der Waals surface area contributed by atoms with E-state index >= 15 is 0 Å². The van der Waals surface area contributed by atoms with Crippen molar-refractivity contribution in [1.82, 2.24) is 10.2 Å². The summed E-state index contributed by atoms with van der Waals surface area (Å²) in [4.78, 5) is 14.4. The summed E-state index contributed by atoms with van der Waals surface area (Å²) in [6, 6.07) is 10.0. The number of halogens is 3. The number of likely N-dealkylation sites (tertiary alicyclic amines) is 1. The zero-order chi connectivity index (χ0) is 17.8. The van der Waals surface area contributed by atoms with Crippen LogP contribution in [0.25, 0.3) is 0 Å². The van der Waals surface area contributed by atoms with Gasteiger partial charge in [-0.3, -0.25) is 4.79 Å². The number of hydrogen-bond acceptors (Lipinski definition) is 3. The fourth-order valence-corrected chi connectivity index (χ4v) is 3.00. The van der Waals surface area contributed by atoms with Crippen molar-refractivity contribution in [2.24, 2.45) is 5.92 Å². The summed E-state index contributed by atoms with van der Waals surface area (Å²) in [7, 11) is 1.91. The number of amides is 1. The Labute approximate surface area is 157 Å². The highest BCUT2D eigenvalue weighted by Crippen LogP contribution is 2.24. The van der Waals surface area contributed by atoms with Crippen LogP contribution in [0.2, 0.25) is 0 Å². The van der Waals surface area contributed by atoms with Crippen molar-refractivity contribution >= 4 is 18.3 Å². The first-order chi connectivity index (χ1) is 12.1. The highest BCUT2D eigenvalue weighted by atomic mass is 35.5. The van der Waals surface area contributed by atoms with Crippen LogP contribution in [0.3, 0.4) is 0 Å². The Morgan fingerprint density at radius 2 is 1.85 bits per heavy atom. The smallest absolute Gasteiger partial charge is 0.253 e. The lowest BCUT2D eigenvalue weighted by atomic mass is 10.1. The van der Waals surface area contributed by atoms with E-state index in [-0.39, 0.29) is 24.1 Å². The van der Waals surface area contributed by atoms with Gasteiger partial charge in [0, 0.05) is 24.7 Å². The Kier molecular flexibility index (Phi) is 6.94. The Morgan fingerprint density at radius 3 is 2.50 bits per heavy atom. The molecular formula is C19H21ClF2N2O2. The molecule has 3 rings (SSSR count).